The molecule has 4 rings (SSSR count). The van der Waals surface area contributed by atoms with Gasteiger partial charge < -0.3 is 14.8 Å². The first-order valence-electron chi connectivity index (χ1n) is 11.5. The van der Waals surface area contributed by atoms with E-state index in [1.807, 2.05) is 31.2 Å². The third-order valence-corrected chi connectivity index (χ3v) is 5.44. The molecule has 0 saturated heterocycles. The number of benzene rings is 2. The number of aromatic amines is 1. The normalized spacial score (nSPS) is 12.4. The number of nitrogens with one attached hydrogen (secondary N) is 2. The number of ether oxygens (including phenoxy) is 2. The third-order valence-electron chi connectivity index (χ3n) is 5.44. The van der Waals surface area contributed by atoms with Crippen molar-refractivity contribution in [3.8, 4) is 16.9 Å². The molecular formula is C27H28F2N4O3. The van der Waals surface area contributed by atoms with E-state index in [4.69, 9.17) is 9.47 Å². The van der Waals surface area contributed by atoms with Gasteiger partial charge in [0, 0.05) is 28.9 Å². The molecule has 2 aromatic carbocycles. The Morgan fingerprint density at radius 1 is 1.08 bits per heavy atom. The summed E-state index contributed by atoms with van der Waals surface area (Å²) < 4.78 is 38.9. The lowest BCUT2D eigenvalue weighted by molar-refractivity contribution is 0.0487. The number of pyridine rings is 1. The molecule has 0 saturated carbocycles. The smallest absolute Gasteiger partial charge is 0.408 e. The second-order valence-electron chi connectivity index (χ2n) is 9.58. The number of rotatable bonds is 7. The molecule has 0 aliphatic heterocycles. The van der Waals surface area contributed by atoms with Crippen LogP contribution in [-0.4, -0.2) is 39.5 Å². The van der Waals surface area contributed by atoms with Gasteiger partial charge in [-0.15, -0.1) is 0 Å². The highest BCUT2D eigenvalue weighted by Crippen LogP contribution is 2.27. The van der Waals surface area contributed by atoms with Gasteiger partial charge in [0.25, 0.3) is 0 Å². The fourth-order valence-electron chi connectivity index (χ4n) is 3.75. The fraction of sp³-hybridized carbons (Fsp3) is 0.296. The maximum atomic E-state index is 14.3. The first-order chi connectivity index (χ1) is 17.1. The number of hydrogen-bond donors (Lipinski definition) is 2. The summed E-state index contributed by atoms with van der Waals surface area (Å²) in [7, 11) is 0. The van der Waals surface area contributed by atoms with Crippen molar-refractivity contribution in [1.82, 2.24) is 20.5 Å². The third kappa shape index (κ3) is 6.35. The molecule has 2 aromatic heterocycles. The Balaban J connectivity index is 1.51. The van der Waals surface area contributed by atoms with Crippen molar-refractivity contribution in [1.29, 1.82) is 0 Å². The molecule has 4 aromatic rings. The monoisotopic (exact) mass is 494 g/mol. The van der Waals surface area contributed by atoms with Gasteiger partial charge in [-0.3, -0.25) is 10.1 Å². The number of aromatic nitrogens is 3. The molecule has 0 aliphatic carbocycles. The van der Waals surface area contributed by atoms with E-state index in [9.17, 15) is 13.6 Å². The minimum Gasteiger partial charge on any atom is -0.490 e. The minimum absolute atomic E-state index is 0.0149. The molecule has 0 spiro atoms. The maximum Gasteiger partial charge on any atom is 0.408 e. The lowest BCUT2D eigenvalue weighted by Crippen LogP contribution is -2.43. The van der Waals surface area contributed by atoms with Crippen LogP contribution in [0, 0.1) is 18.6 Å². The zero-order valence-corrected chi connectivity index (χ0v) is 20.6. The predicted octanol–water partition coefficient (Wildman–Crippen LogP) is 5.73. The number of fused-ring (bicyclic) bond motifs is 1. The maximum absolute atomic E-state index is 14.3. The zero-order valence-electron chi connectivity index (χ0n) is 20.6. The van der Waals surface area contributed by atoms with E-state index in [1.165, 1.54) is 12.1 Å². The van der Waals surface area contributed by atoms with Crippen LogP contribution in [0.1, 0.15) is 32.0 Å². The van der Waals surface area contributed by atoms with Gasteiger partial charge in [0.05, 0.1) is 17.8 Å². The molecular weight excluding hydrogens is 466 g/mol. The summed E-state index contributed by atoms with van der Waals surface area (Å²) in [6.45, 7) is 7.21. The number of carbonyl (C=O) groups excluding carboxylic acids is 1. The van der Waals surface area contributed by atoms with E-state index in [1.54, 1.807) is 33.2 Å². The molecule has 1 amide bonds. The van der Waals surface area contributed by atoms with E-state index in [0.717, 1.165) is 33.8 Å². The molecule has 9 heteroatoms. The summed E-state index contributed by atoms with van der Waals surface area (Å²) in [6, 6.07) is 10.4. The summed E-state index contributed by atoms with van der Waals surface area (Å²) in [5.74, 6) is -0.887. The average molecular weight is 495 g/mol. The van der Waals surface area contributed by atoms with Gasteiger partial charge in [0.1, 0.15) is 29.6 Å². The van der Waals surface area contributed by atoms with Crippen LogP contribution in [0.2, 0.25) is 0 Å². The number of nitrogens with zero attached hydrogens (tertiary/aromatic N) is 2. The quantitative estimate of drug-likeness (QED) is 0.343. The minimum atomic E-state index is -0.705. The number of halogens is 2. The predicted molar refractivity (Wildman–Crippen MR) is 133 cm³/mol. The number of hydrogen-bond acceptors (Lipinski definition) is 5. The topological polar surface area (TPSA) is 89.1 Å². The largest absolute Gasteiger partial charge is 0.490 e. The van der Waals surface area contributed by atoms with Gasteiger partial charge >= 0.3 is 6.09 Å². The van der Waals surface area contributed by atoms with Gasteiger partial charge in [-0.1, -0.05) is 12.1 Å². The Morgan fingerprint density at radius 2 is 1.89 bits per heavy atom. The van der Waals surface area contributed by atoms with Crippen molar-refractivity contribution in [2.45, 2.75) is 45.8 Å². The number of H-pyrrole nitrogens is 1. The van der Waals surface area contributed by atoms with E-state index >= 15 is 0 Å². The summed E-state index contributed by atoms with van der Waals surface area (Å²) in [6.07, 6.45) is 2.71. The van der Waals surface area contributed by atoms with Gasteiger partial charge in [0.2, 0.25) is 0 Å². The van der Waals surface area contributed by atoms with Gasteiger partial charge in [-0.2, -0.15) is 5.10 Å². The van der Waals surface area contributed by atoms with Gasteiger partial charge in [-0.25, -0.2) is 13.6 Å². The van der Waals surface area contributed by atoms with Crippen LogP contribution in [0.15, 0.2) is 54.9 Å². The Kier molecular flexibility index (Phi) is 7.19. The van der Waals surface area contributed by atoms with Crippen molar-refractivity contribution in [3.63, 3.8) is 0 Å². The van der Waals surface area contributed by atoms with Gasteiger partial charge in [0.15, 0.2) is 0 Å². The Labute approximate surface area is 207 Å². The number of amides is 1. The highest BCUT2D eigenvalue weighted by atomic mass is 19.1. The summed E-state index contributed by atoms with van der Waals surface area (Å²) in [5.41, 5.74) is 3.18. The van der Waals surface area contributed by atoms with Crippen LogP contribution in [0.5, 0.6) is 5.75 Å². The highest BCUT2D eigenvalue weighted by molar-refractivity contribution is 5.86. The molecule has 36 heavy (non-hydrogen) atoms. The number of aryl methyl sites for hydroxylation is 1. The molecule has 188 valence electrons. The highest BCUT2D eigenvalue weighted by Gasteiger charge is 2.21. The summed E-state index contributed by atoms with van der Waals surface area (Å²) in [5, 5.41) is 11.0. The Hall–Kier alpha value is -4.01. The van der Waals surface area contributed by atoms with Crippen LogP contribution in [0.3, 0.4) is 0 Å². The van der Waals surface area contributed by atoms with Crippen LogP contribution in [0.25, 0.3) is 22.0 Å². The molecule has 1 atom stereocenters. The van der Waals surface area contributed by atoms with E-state index in [0.29, 0.717) is 5.75 Å². The fourth-order valence-corrected chi connectivity index (χ4v) is 3.75. The van der Waals surface area contributed by atoms with Crippen molar-refractivity contribution >= 4 is 17.0 Å². The summed E-state index contributed by atoms with van der Waals surface area (Å²) in [4.78, 5) is 16.7. The second kappa shape index (κ2) is 10.3. The van der Waals surface area contributed by atoms with Crippen molar-refractivity contribution in [2.24, 2.45) is 0 Å². The van der Waals surface area contributed by atoms with E-state index in [2.05, 4.69) is 20.5 Å². The van der Waals surface area contributed by atoms with Crippen LogP contribution < -0.4 is 10.1 Å². The van der Waals surface area contributed by atoms with E-state index < -0.39 is 29.4 Å². The first kappa shape index (κ1) is 25.1. The molecule has 2 N–H and O–H groups in total. The van der Waals surface area contributed by atoms with Crippen LogP contribution >= 0.6 is 0 Å². The van der Waals surface area contributed by atoms with Crippen molar-refractivity contribution in [2.75, 3.05) is 6.61 Å². The van der Waals surface area contributed by atoms with E-state index in [-0.39, 0.29) is 18.6 Å². The Bertz CT molecular complexity index is 1380. The van der Waals surface area contributed by atoms with Gasteiger partial charge in [-0.05, 0) is 69.5 Å². The first-order valence-corrected chi connectivity index (χ1v) is 11.5. The molecule has 0 bridgehead atoms. The number of alkyl carbamates (subject to hydrolysis) is 1. The zero-order chi connectivity index (χ0) is 25.9. The molecule has 0 radical (unpaired) electrons. The average Bonchev–Trinajstić information content (AvgIpc) is 3.18. The lowest BCUT2D eigenvalue weighted by atomic mass is 10.0. The van der Waals surface area contributed by atoms with Crippen LogP contribution in [-0.2, 0) is 11.2 Å². The van der Waals surface area contributed by atoms with Crippen molar-refractivity contribution in [3.05, 3.63) is 77.8 Å². The molecule has 2 heterocycles. The SMILES string of the molecule is Cc1[nH]nc2ccc(-c3cncc(OC[C@H](Cc4ccc(F)cc4F)NC(=O)OC(C)(C)C)c3)cc12. The molecule has 0 aliphatic rings. The number of carbonyl (C=O) groups is 1. The molecule has 0 unspecified atom stereocenters. The van der Waals surface area contributed by atoms with Crippen LogP contribution in [0.4, 0.5) is 13.6 Å². The molecule has 0 fully saturated rings. The molecule has 7 nitrogen and oxygen atoms in total. The lowest BCUT2D eigenvalue weighted by Gasteiger charge is -2.24. The second-order valence-corrected chi connectivity index (χ2v) is 9.58. The Morgan fingerprint density at radius 3 is 2.64 bits per heavy atom. The van der Waals surface area contributed by atoms with Crippen molar-refractivity contribution < 1.29 is 23.0 Å². The standard InChI is InChI=1S/C27H28F2N4O3/c1-16-23-11-17(6-8-25(23)33-32-16)19-10-22(14-30-13-19)35-15-21(31-26(34)36-27(2,3)4)9-18-5-7-20(28)12-24(18)29/h5-8,10-14,21H,9,15H2,1-4H3,(H,31,34)(H,32,33)/t21-/m0/s1. The summed E-state index contributed by atoms with van der Waals surface area (Å²) >= 11 is 0.